The summed E-state index contributed by atoms with van der Waals surface area (Å²) in [4.78, 5) is 41.7. The van der Waals surface area contributed by atoms with Crippen molar-refractivity contribution in [3.8, 4) is 0 Å². The van der Waals surface area contributed by atoms with Crippen LogP contribution in [0.3, 0.4) is 0 Å². The number of nitrogens with zero attached hydrogens (tertiary/aromatic N) is 2. The van der Waals surface area contributed by atoms with Crippen molar-refractivity contribution >= 4 is 17.7 Å². The van der Waals surface area contributed by atoms with Gasteiger partial charge in [0, 0.05) is 37.3 Å². The van der Waals surface area contributed by atoms with Gasteiger partial charge in [-0.05, 0) is 50.3 Å². The van der Waals surface area contributed by atoms with Gasteiger partial charge >= 0.3 is 0 Å². The van der Waals surface area contributed by atoms with Crippen LogP contribution >= 0.6 is 0 Å². The summed E-state index contributed by atoms with van der Waals surface area (Å²) >= 11 is 0. The number of imide groups is 1. The number of amides is 3. The number of carbonyl (C=O) groups excluding carboxylic acids is 3. The molecule has 3 atom stereocenters. The fourth-order valence-corrected chi connectivity index (χ4v) is 4.89. The highest BCUT2D eigenvalue weighted by atomic mass is 16.5. The third-order valence-electron chi connectivity index (χ3n) is 6.44. The molecule has 3 fully saturated rings. The van der Waals surface area contributed by atoms with Crippen LogP contribution in [0.5, 0.6) is 0 Å². The summed E-state index contributed by atoms with van der Waals surface area (Å²) in [6, 6.07) is 5.77. The number of likely N-dealkylation sites (tertiary alicyclic amines) is 1. The molecule has 4 aliphatic heterocycles. The third kappa shape index (κ3) is 3.02. The number of hydrogen-bond donors (Lipinski definition) is 1. The minimum absolute atomic E-state index is 0.0602. The van der Waals surface area contributed by atoms with Crippen LogP contribution in [0.25, 0.3) is 0 Å². The van der Waals surface area contributed by atoms with Crippen LogP contribution in [0.2, 0.25) is 0 Å². The fourth-order valence-electron chi connectivity index (χ4n) is 4.89. The lowest BCUT2D eigenvalue weighted by Crippen LogP contribution is -2.39. The summed E-state index contributed by atoms with van der Waals surface area (Å²) in [5.74, 6) is -0.664. The SMILES string of the molecule is O=C(c1ccc2c(c1)C(=O)N(CC1CCCO1)C2=O)N1CCC2CCC(C1)N2. The number of rotatable bonds is 3. The average Bonchev–Trinajstić information content (AvgIpc) is 3.38. The first-order chi connectivity index (χ1) is 13.6. The quantitative estimate of drug-likeness (QED) is 0.799. The van der Waals surface area contributed by atoms with E-state index in [0.717, 1.165) is 32.2 Å². The molecule has 7 nitrogen and oxygen atoms in total. The van der Waals surface area contributed by atoms with E-state index in [9.17, 15) is 14.4 Å². The van der Waals surface area contributed by atoms with Gasteiger partial charge in [-0.3, -0.25) is 19.3 Å². The lowest BCUT2D eigenvalue weighted by atomic mass is 10.0. The summed E-state index contributed by atoms with van der Waals surface area (Å²) in [5.41, 5.74) is 1.20. The molecule has 0 aromatic heterocycles. The number of benzene rings is 1. The molecule has 0 saturated carbocycles. The molecule has 3 unspecified atom stereocenters. The summed E-state index contributed by atoms with van der Waals surface area (Å²) in [6.07, 6.45) is 4.98. The molecule has 28 heavy (non-hydrogen) atoms. The Kier molecular flexibility index (Phi) is 4.44. The lowest BCUT2D eigenvalue weighted by molar-refractivity contribution is 0.0475. The number of fused-ring (bicyclic) bond motifs is 3. The van der Waals surface area contributed by atoms with E-state index >= 15 is 0 Å². The minimum atomic E-state index is -0.318. The Morgan fingerprint density at radius 1 is 1.07 bits per heavy atom. The van der Waals surface area contributed by atoms with E-state index in [0.29, 0.717) is 41.9 Å². The standard InChI is InChI=1S/C21H25N3O4/c25-19(23-8-7-14-4-5-15(11-23)22-14)13-3-6-17-18(10-13)21(27)24(20(17)26)12-16-2-1-9-28-16/h3,6,10,14-16,22H,1-2,4-5,7-9,11-12H2. The number of carbonyl (C=O) groups is 3. The topological polar surface area (TPSA) is 79.0 Å². The Balaban J connectivity index is 1.35. The van der Waals surface area contributed by atoms with Crippen LogP contribution in [-0.4, -0.2) is 72.0 Å². The number of nitrogens with one attached hydrogen (secondary N) is 1. The van der Waals surface area contributed by atoms with Gasteiger partial charge < -0.3 is 15.0 Å². The molecule has 1 N–H and O–H groups in total. The normalized spacial score (nSPS) is 29.4. The van der Waals surface area contributed by atoms with Crippen molar-refractivity contribution in [2.24, 2.45) is 0 Å². The van der Waals surface area contributed by atoms with Gasteiger partial charge in [-0.15, -0.1) is 0 Å². The summed E-state index contributed by atoms with van der Waals surface area (Å²) < 4.78 is 5.57. The Morgan fingerprint density at radius 2 is 1.89 bits per heavy atom. The molecular formula is C21H25N3O4. The van der Waals surface area contributed by atoms with Crippen LogP contribution in [-0.2, 0) is 4.74 Å². The van der Waals surface area contributed by atoms with E-state index in [4.69, 9.17) is 4.74 Å². The first-order valence-corrected chi connectivity index (χ1v) is 10.3. The zero-order chi connectivity index (χ0) is 19.3. The van der Waals surface area contributed by atoms with Gasteiger partial charge in [0.05, 0.1) is 23.8 Å². The van der Waals surface area contributed by atoms with E-state index in [2.05, 4.69) is 5.32 Å². The first kappa shape index (κ1) is 17.8. The second-order valence-corrected chi connectivity index (χ2v) is 8.29. The van der Waals surface area contributed by atoms with Crippen molar-refractivity contribution in [3.63, 3.8) is 0 Å². The summed E-state index contributed by atoms with van der Waals surface area (Å²) in [6.45, 7) is 2.39. The second-order valence-electron chi connectivity index (χ2n) is 8.29. The molecule has 4 heterocycles. The van der Waals surface area contributed by atoms with E-state index in [-0.39, 0.29) is 30.4 Å². The van der Waals surface area contributed by atoms with Crippen molar-refractivity contribution in [2.75, 3.05) is 26.2 Å². The van der Waals surface area contributed by atoms with Gasteiger partial charge in [0.2, 0.25) is 0 Å². The smallest absolute Gasteiger partial charge is 0.261 e. The van der Waals surface area contributed by atoms with Gasteiger partial charge in [-0.1, -0.05) is 0 Å². The Morgan fingerprint density at radius 3 is 2.71 bits per heavy atom. The predicted octanol–water partition coefficient (Wildman–Crippen LogP) is 1.43. The molecule has 7 heteroatoms. The van der Waals surface area contributed by atoms with Crippen molar-refractivity contribution in [3.05, 3.63) is 34.9 Å². The zero-order valence-electron chi connectivity index (χ0n) is 15.9. The maximum atomic E-state index is 13.0. The third-order valence-corrected chi connectivity index (χ3v) is 6.44. The molecule has 2 bridgehead atoms. The Bertz CT molecular complexity index is 833. The van der Waals surface area contributed by atoms with E-state index in [1.807, 2.05) is 4.90 Å². The van der Waals surface area contributed by atoms with Crippen LogP contribution in [0.15, 0.2) is 18.2 Å². The van der Waals surface area contributed by atoms with Crippen LogP contribution < -0.4 is 5.32 Å². The highest BCUT2D eigenvalue weighted by Gasteiger charge is 2.38. The maximum absolute atomic E-state index is 13.0. The maximum Gasteiger partial charge on any atom is 0.261 e. The molecule has 1 aromatic carbocycles. The van der Waals surface area contributed by atoms with Gasteiger partial charge in [0.25, 0.3) is 17.7 Å². The molecule has 0 spiro atoms. The molecular weight excluding hydrogens is 358 g/mol. The molecule has 5 rings (SSSR count). The molecule has 4 aliphatic rings. The number of hydrogen-bond acceptors (Lipinski definition) is 5. The largest absolute Gasteiger partial charge is 0.376 e. The zero-order valence-corrected chi connectivity index (χ0v) is 15.9. The lowest BCUT2D eigenvalue weighted by Gasteiger charge is -2.24. The van der Waals surface area contributed by atoms with Gasteiger partial charge in [-0.2, -0.15) is 0 Å². The van der Waals surface area contributed by atoms with Crippen LogP contribution in [0.4, 0.5) is 0 Å². The van der Waals surface area contributed by atoms with E-state index < -0.39 is 0 Å². The van der Waals surface area contributed by atoms with Crippen molar-refractivity contribution in [1.29, 1.82) is 0 Å². The Labute approximate surface area is 164 Å². The van der Waals surface area contributed by atoms with Crippen LogP contribution in [0, 0.1) is 0 Å². The summed E-state index contributed by atoms with van der Waals surface area (Å²) in [5, 5.41) is 3.57. The average molecular weight is 383 g/mol. The molecule has 1 aromatic rings. The second kappa shape index (κ2) is 6.97. The summed E-state index contributed by atoms with van der Waals surface area (Å²) in [7, 11) is 0. The highest BCUT2D eigenvalue weighted by Crippen LogP contribution is 2.27. The predicted molar refractivity (Wildman–Crippen MR) is 101 cm³/mol. The van der Waals surface area contributed by atoms with Gasteiger partial charge in [0.1, 0.15) is 0 Å². The molecule has 148 valence electrons. The minimum Gasteiger partial charge on any atom is -0.376 e. The van der Waals surface area contributed by atoms with Gasteiger partial charge in [-0.25, -0.2) is 0 Å². The molecule has 0 radical (unpaired) electrons. The van der Waals surface area contributed by atoms with E-state index in [1.54, 1.807) is 18.2 Å². The monoisotopic (exact) mass is 383 g/mol. The fraction of sp³-hybridized carbons (Fsp3) is 0.571. The molecule has 3 amide bonds. The van der Waals surface area contributed by atoms with E-state index in [1.165, 1.54) is 11.3 Å². The molecule has 3 saturated heterocycles. The van der Waals surface area contributed by atoms with Gasteiger partial charge in [0.15, 0.2) is 0 Å². The highest BCUT2D eigenvalue weighted by molar-refractivity contribution is 6.22. The number of ether oxygens (including phenoxy) is 1. The van der Waals surface area contributed by atoms with Crippen molar-refractivity contribution in [1.82, 2.24) is 15.1 Å². The van der Waals surface area contributed by atoms with Crippen LogP contribution in [0.1, 0.15) is 63.2 Å². The Hall–Kier alpha value is -2.25. The molecule has 0 aliphatic carbocycles. The first-order valence-electron chi connectivity index (χ1n) is 10.3. The van der Waals surface area contributed by atoms with Crippen molar-refractivity contribution in [2.45, 2.75) is 50.3 Å². The van der Waals surface area contributed by atoms with Crippen molar-refractivity contribution < 1.29 is 19.1 Å².